The minimum Gasteiger partial charge on any atom is -0.393 e. The van der Waals surface area contributed by atoms with Crippen molar-refractivity contribution in [2.24, 2.45) is 52.3 Å². The van der Waals surface area contributed by atoms with E-state index < -0.39 is 0 Å². The Morgan fingerprint density at radius 1 is 1.00 bits per heavy atom. The quantitative estimate of drug-likeness (QED) is 0.436. The minimum absolute atomic E-state index is 0.0794. The van der Waals surface area contributed by atoms with Crippen molar-refractivity contribution < 1.29 is 5.11 Å². The van der Waals surface area contributed by atoms with Crippen LogP contribution in [0.2, 0.25) is 0 Å². The van der Waals surface area contributed by atoms with Gasteiger partial charge in [0, 0.05) is 0 Å². The summed E-state index contributed by atoms with van der Waals surface area (Å²) < 4.78 is 0. The van der Waals surface area contributed by atoms with E-state index in [1.54, 1.807) is 5.57 Å². The average Bonchev–Trinajstić information content (AvgIpc) is 3.06. The second-order valence-corrected chi connectivity index (χ2v) is 12.9. The van der Waals surface area contributed by atoms with Gasteiger partial charge in [0.2, 0.25) is 0 Å². The predicted molar refractivity (Wildman–Crippen MR) is 128 cm³/mol. The summed E-state index contributed by atoms with van der Waals surface area (Å²) in [7, 11) is 0. The first-order chi connectivity index (χ1) is 14.2. The van der Waals surface area contributed by atoms with Gasteiger partial charge in [-0.1, -0.05) is 66.0 Å². The Kier molecular flexibility index (Phi) is 6.53. The van der Waals surface area contributed by atoms with Crippen molar-refractivity contribution in [3.63, 3.8) is 0 Å². The molecule has 0 unspecified atom stereocenters. The van der Waals surface area contributed by atoms with E-state index in [0.717, 1.165) is 54.3 Å². The highest BCUT2D eigenvalue weighted by Gasteiger charge is 2.59. The van der Waals surface area contributed by atoms with Gasteiger partial charge < -0.3 is 5.11 Å². The average molecular weight is 415 g/mol. The minimum atomic E-state index is -0.0794. The lowest BCUT2D eigenvalue weighted by Gasteiger charge is -2.58. The molecule has 9 atom stereocenters. The maximum absolute atomic E-state index is 10.2. The fourth-order valence-corrected chi connectivity index (χ4v) is 9.30. The van der Waals surface area contributed by atoms with Gasteiger partial charge in [0.15, 0.2) is 0 Å². The van der Waals surface area contributed by atoms with E-state index >= 15 is 0 Å². The third-order valence-corrected chi connectivity index (χ3v) is 11.3. The molecule has 0 heterocycles. The third kappa shape index (κ3) is 3.74. The topological polar surface area (TPSA) is 20.2 Å². The number of allylic oxidation sites excluding steroid dienone is 1. The molecule has 3 fully saturated rings. The highest BCUT2D eigenvalue weighted by Crippen LogP contribution is 2.67. The number of fused-ring (bicyclic) bond motifs is 5. The Labute approximate surface area is 187 Å². The summed E-state index contributed by atoms with van der Waals surface area (Å²) in [5.41, 5.74) is 2.59. The molecule has 0 aromatic heterocycles. The molecule has 3 saturated carbocycles. The first-order valence-corrected chi connectivity index (χ1v) is 13.6. The van der Waals surface area contributed by atoms with Crippen molar-refractivity contribution >= 4 is 0 Å². The van der Waals surface area contributed by atoms with Gasteiger partial charge in [-0.3, -0.25) is 0 Å². The lowest BCUT2D eigenvalue weighted by Crippen LogP contribution is -2.50. The fraction of sp³-hybridized carbons (Fsp3) is 0.931. The molecule has 1 nitrogen and oxygen atoms in total. The maximum Gasteiger partial charge on any atom is 0.0577 e. The molecular formula is C29H50O. The van der Waals surface area contributed by atoms with Gasteiger partial charge in [0.05, 0.1) is 6.10 Å². The smallest absolute Gasteiger partial charge is 0.0577 e. The number of rotatable bonds is 6. The normalized spacial score (nSPS) is 45.3. The number of aliphatic hydroxyl groups excluding tert-OH is 1. The summed E-state index contributed by atoms with van der Waals surface area (Å²) in [4.78, 5) is 0. The first-order valence-electron chi connectivity index (χ1n) is 13.6. The largest absolute Gasteiger partial charge is 0.393 e. The number of hydrogen-bond donors (Lipinski definition) is 1. The van der Waals surface area contributed by atoms with Gasteiger partial charge in [-0.15, -0.1) is 0 Å². The SMILES string of the molecule is CC[C@H](CC[C@@H](C)[C@H]1CC[C@@H]2[C@@H]3CC=C4C[C@@H](O)CC[C@]4(C)[C@H]3CC[C@@]21C)C(C)C. The van der Waals surface area contributed by atoms with Crippen LogP contribution in [0.25, 0.3) is 0 Å². The van der Waals surface area contributed by atoms with Crippen LogP contribution in [0.1, 0.15) is 112 Å². The predicted octanol–water partition coefficient (Wildman–Crippen LogP) is 8.02. The Morgan fingerprint density at radius 2 is 1.77 bits per heavy atom. The van der Waals surface area contributed by atoms with Crippen LogP contribution in [-0.2, 0) is 0 Å². The van der Waals surface area contributed by atoms with E-state index in [-0.39, 0.29) is 6.10 Å². The van der Waals surface area contributed by atoms with E-state index in [0.29, 0.717) is 10.8 Å². The second-order valence-electron chi connectivity index (χ2n) is 12.9. The van der Waals surface area contributed by atoms with Crippen LogP contribution in [0.3, 0.4) is 0 Å². The molecule has 1 N–H and O–H groups in total. The first kappa shape index (κ1) is 22.9. The molecule has 4 aliphatic rings. The van der Waals surface area contributed by atoms with Crippen LogP contribution in [-0.4, -0.2) is 11.2 Å². The summed E-state index contributed by atoms with van der Waals surface area (Å²) in [6.07, 6.45) is 17.1. The van der Waals surface area contributed by atoms with E-state index in [4.69, 9.17) is 0 Å². The van der Waals surface area contributed by atoms with Gasteiger partial charge in [-0.05, 0) is 110 Å². The molecule has 0 aromatic rings. The molecule has 1 heteroatoms. The highest BCUT2D eigenvalue weighted by atomic mass is 16.3. The summed E-state index contributed by atoms with van der Waals surface area (Å²) in [5.74, 6) is 6.31. The highest BCUT2D eigenvalue weighted by molar-refractivity contribution is 5.25. The molecule has 172 valence electrons. The molecule has 4 aliphatic carbocycles. The summed E-state index contributed by atoms with van der Waals surface area (Å²) >= 11 is 0. The Hall–Kier alpha value is -0.300. The zero-order valence-corrected chi connectivity index (χ0v) is 20.9. The Balaban J connectivity index is 1.47. The number of aliphatic hydroxyl groups is 1. The molecule has 30 heavy (non-hydrogen) atoms. The van der Waals surface area contributed by atoms with E-state index in [9.17, 15) is 5.11 Å². The van der Waals surface area contributed by atoms with Crippen LogP contribution in [0.4, 0.5) is 0 Å². The van der Waals surface area contributed by atoms with E-state index in [1.165, 1.54) is 57.8 Å². The van der Waals surface area contributed by atoms with Crippen molar-refractivity contribution in [1.29, 1.82) is 0 Å². The van der Waals surface area contributed by atoms with Gasteiger partial charge in [-0.2, -0.15) is 0 Å². The zero-order valence-electron chi connectivity index (χ0n) is 20.9. The molecular weight excluding hydrogens is 364 g/mol. The van der Waals surface area contributed by atoms with Crippen LogP contribution in [0.5, 0.6) is 0 Å². The van der Waals surface area contributed by atoms with Gasteiger partial charge in [-0.25, -0.2) is 0 Å². The monoisotopic (exact) mass is 414 g/mol. The van der Waals surface area contributed by atoms with E-state index in [1.807, 2.05) is 0 Å². The summed E-state index contributed by atoms with van der Waals surface area (Å²) in [5, 5.41) is 10.2. The molecule has 0 aromatic carbocycles. The lowest BCUT2D eigenvalue weighted by molar-refractivity contribution is -0.0575. The van der Waals surface area contributed by atoms with Crippen LogP contribution >= 0.6 is 0 Å². The van der Waals surface area contributed by atoms with E-state index in [2.05, 4.69) is 47.6 Å². The second kappa shape index (κ2) is 8.57. The molecule has 0 bridgehead atoms. The Bertz CT molecular complexity index is 634. The van der Waals surface area contributed by atoms with Gasteiger partial charge in [0.1, 0.15) is 0 Å². The molecule has 0 radical (unpaired) electrons. The van der Waals surface area contributed by atoms with Crippen molar-refractivity contribution in [3.8, 4) is 0 Å². The molecule has 0 aliphatic heterocycles. The van der Waals surface area contributed by atoms with Gasteiger partial charge >= 0.3 is 0 Å². The summed E-state index contributed by atoms with van der Waals surface area (Å²) in [6.45, 7) is 15.1. The van der Waals surface area contributed by atoms with Crippen molar-refractivity contribution in [2.75, 3.05) is 0 Å². The van der Waals surface area contributed by atoms with Crippen molar-refractivity contribution in [2.45, 2.75) is 118 Å². The Morgan fingerprint density at radius 3 is 2.47 bits per heavy atom. The van der Waals surface area contributed by atoms with Gasteiger partial charge in [0.25, 0.3) is 0 Å². The van der Waals surface area contributed by atoms with Crippen molar-refractivity contribution in [1.82, 2.24) is 0 Å². The fourth-order valence-electron chi connectivity index (χ4n) is 9.30. The molecule has 0 amide bonds. The molecule has 0 spiro atoms. The number of hydrogen-bond acceptors (Lipinski definition) is 1. The third-order valence-electron chi connectivity index (χ3n) is 11.3. The molecule has 0 saturated heterocycles. The zero-order chi connectivity index (χ0) is 21.7. The molecule has 4 rings (SSSR count). The van der Waals surface area contributed by atoms with Crippen LogP contribution in [0.15, 0.2) is 11.6 Å². The summed E-state index contributed by atoms with van der Waals surface area (Å²) in [6, 6.07) is 0. The van der Waals surface area contributed by atoms with Crippen molar-refractivity contribution in [3.05, 3.63) is 11.6 Å². The standard InChI is InChI=1S/C29H50O/c1-7-21(19(2)3)9-8-20(4)25-12-13-26-24-11-10-22-18-23(30)14-16-28(22,5)27(24)15-17-29(25,26)6/h10,19-21,23-27,30H,7-9,11-18H2,1-6H3/t20-,21-,23+,24+,25-,26-,27+,28+,29-/m1/s1. The van der Waals surface area contributed by atoms with Crippen LogP contribution < -0.4 is 0 Å². The lowest BCUT2D eigenvalue weighted by atomic mass is 9.47. The maximum atomic E-state index is 10.2. The van der Waals surface area contributed by atoms with Crippen LogP contribution in [0, 0.1) is 52.3 Å².